The zero-order valence-corrected chi connectivity index (χ0v) is 10.4. The lowest BCUT2D eigenvalue weighted by molar-refractivity contribution is 0.577. The van der Waals surface area contributed by atoms with Gasteiger partial charge in [0.1, 0.15) is 11.9 Å². The third-order valence-corrected chi connectivity index (χ3v) is 3.24. The van der Waals surface area contributed by atoms with Crippen molar-refractivity contribution in [3.8, 4) is 0 Å². The molecule has 0 aliphatic heterocycles. The summed E-state index contributed by atoms with van der Waals surface area (Å²) in [6.45, 7) is 4.21. The standard InChI is InChI=1S/C13H18N4/c1-9-5-4-6-11(10(9)2)12(16-14)13-15-7-8-17(13)3/h4-8,12,16H,14H2,1-3H3. The topological polar surface area (TPSA) is 55.9 Å². The molecule has 0 fully saturated rings. The van der Waals surface area contributed by atoms with Crippen molar-refractivity contribution in [3.63, 3.8) is 0 Å². The fraction of sp³-hybridized carbons (Fsp3) is 0.308. The van der Waals surface area contributed by atoms with Crippen molar-refractivity contribution in [2.24, 2.45) is 12.9 Å². The van der Waals surface area contributed by atoms with Gasteiger partial charge < -0.3 is 4.57 Å². The number of aromatic nitrogens is 2. The molecule has 1 atom stereocenters. The van der Waals surface area contributed by atoms with E-state index in [2.05, 4.69) is 36.4 Å². The van der Waals surface area contributed by atoms with Gasteiger partial charge in [0, 0.05) is 19.4 Å². The minimum Gasteiger partial charge on any atom is -0.336 e. The first-order valence-electron chi connectivity index (χ1n) is 5.64. The lowest BCUT2D eigenvalue weighted by Crippen LogP contribution is -2.31. The fourth-order valence-corrected chi connectivity index (χ4v) is 2.05. The number of imidazole rings is 1. The van der Waals surface area contributed by atoms with E-state index in [1.54, 1.807) is 6.20 Å². The molecule has 0 bridgehead atoms. The molecule has 17 heavy (non-hydrogen) atoms. The molecule has 4 nitrogen and oxygen atoms in total. The Labute approximate surface area is 101 Å². The Bertz CT molecular complexity index is 516. The van der Waals surface area contributed by atoms with Gasteiger partial charge in [-0.3, -0.25) is 5.84 Å². The summed E-state index contributed by atoms with van der Waals surface area (Å²) in [4.78, 5) is 4.35. The fourth-order valence-electron chi connectivity index (χ4n) is 2.05. The van der Waals surface area contributed by atoms with E-state index in [4.69, 9.17) is 5.84 Å². The molecule has 2 aromatic rings. The third-order valence-electron chi connectivity index (χ3n) is 3.24. The summed E-state index contributed by atoms with van der Waals surface area (Å²) in [7, 11) is 1.97. The average molecular weight is 230 g/mol. The van der Waals surface area contributed by atoms with Crippen LogP contribution in [0.4, 0.5) is 0 Å². The Morgan fingerprint density at radius 3 is 2.71 bits per heavy atom. The van der Waals surface area contributed by atoms with Gasteiger partial charge in [-0.25, -0.2) is 10.4 Å². The maximum absolute atomic E-state index is 5.68. The van der Waals surface area contributed by atoms with Crippen LogP contribution in [-0.2, 0) is 7.05 Å². The van der Waals surface area contributed by atoms with Crippen molar-refractivity contribution in [1.82, 2.24) is 15.0 Å². The molecule has 0 spiro atoms. The first kappa shape index (κ1) is 11.8. The number of nitrogens with two attached hydrogens (primary N) is 1. The molecule has 1 aromatic carbocycles. The maximum atomic E-state index is 5.68. The van der Waals surface area contributed by atoms with Crippen LogP contribution in [-0.4, -0.2) is 9.55 Å². The zero-order valence-electron chi connectivity index (χ0n) is 10.4. The van der Waals surface area contributed by atoms with Crippen molar-refractivity contribution < 1.29 is 0 Å². The molecule has 0 aliphatic carbocycles. The van der Waals surface area contributed by atoms with Crippen LogP contribution in [0.3, 0.4) is 0 Å². The first-order valence-corrected chi connectivity index (χ1v) is 5.64. The van der Waals surface area contributed by atoms with Gasteiger partial charge in [0.15, 0.2) is 0 Å². The lowest BCUT2D eigenvalue weighted by Gasteiger charge is -2.19. The molecule has 0 amide bonds. The second-order valence-electron chi connectivity index (χ2n) is 4.29. The van der Waals surface area contributed by atoms with Crippen LogP contribution in [0.2, 0.25) is 0 Å². The Hall–Kier alpha value is -1.65. The van der Waals surface area contributed by atoms with Crippen LogP contribution in [0.15, 0.2) is 30.6 Å². The van der Waals surface area contributed by atoms with Crippen LogP contribution in [0.5, 0.6) is 0 Å². The van der Waals surface area contributed by atoms with Gasteiger partial charge in [-0.15, -0.1) is 0 Å². The minimum absolute atomic E-state index is 0.0742. The first-order chi connectivity index (χ1) is 8.15. The predicted molar refractivity (Wildman–Crippen MR) is 68.3 cm³/mol. The van der Waals surface area contributed by atoms with Crippen molar-refractivity contribution in [1.29, 1.82) is 0 Å². The summed E-state index contributed by atoms with van der Waals surface area (Å²) in [5.74, 6) is 6.60. The van der Waals surface area contributed by atoms with E-state index in [9.17, 15) is 0 Å². The molecular formula is C13H18N4. The molecule has 3 N–H and O–H groups in total. The highest BCUT2D eigenvalue weighted by Gasteiger charge is 2.18. The maximum Gasteiger partial charge on any atom is 0.131 e. The van der Waals surface area contributed by atoms with Gasteiger partial charge in [-0.2, -0.15) is 0 Å². The quantitative estimate of drug-likeness (QED) is 0.622. The molecule has 2 rings (SSSR count). The number of hydrogen-bond donors (Lipinski definition) is 2. The average Bonchev–Trinajstić information content (AvgIpc) is 2.72. The largest absolute Gasteiger partial charge is 0.336 e. The third kappa shape index (κ3) is 2.09. The van der Waals surface area contributed by atoms with Gasteiger partial charge in [0.25, 0.3) is 0 Å². The van der Waals surface area contributed by atoms with Gasteiger partial charge in [-0.05, 0) is 30.5 Å². The number of benzene rings is 1. The SMILES string of the molecule is Cc1cccc(C(NN)c2nccn2C)c1C. The molecule has 1 unspecified atom stereocenters. The smallest absolute Gasteiger partial charge is 0.131 e. The number of nitrogens with zero attached hydrogens (tertiary/aromatic N) is 2. The summed E-state index contributed by atoms with van der Waals surface area (Å²) in [5.41, 5.74) is 6.52. The Morgan fingerprint density at radius 1 is 1.35 bits per heavy atom. The normalized spacial score (nSPS) is 12.7. The summed E-state index contributed by atoms with van der Waals surface area (Å²) in [6, 6.07) is 6.16. The van der Waals surface area contributed by atoms with Gasteiger partial charge in [0.2, 0.25) is 0 Å². The number of nitrogens with one attached hydrogen (secondary N) is 1. The second-order valence-corrected chi connectivity index (χ2v) is 4.29. The lowest BCUT2D eigenvalue weighted by atomic mass is 9.97. The molecule has 0 radical (unpaired) electrons. The number of aryl methyl sites for hydroxylation is 2. The molecule has 90 valence electrons. The highest BCUT2D eigenvalue weighted by atomic mass is 15.3. The van der Waals surface area contributed by atoms with E-state index in [1.807, 2.05) is 23.9 Å². The number of rotatable bonds is 3. The van der Waals surface area contributed by atoms with Crippen molar-refractivity contribution in [3.05, 3.63) is 53.1 Å². The van der Waals surface area contributed by atoms with E-state index in [0.29, 0.717) is 0 Å². The van der Waals surface area contributed by atoms with E-state index in [1.165, 1.54) is 16.7 Å². The molecule has 1 aromatic heterocycles. The van der Waals surface area contributed by atoms with E-state index in [0.717, 1.165) is 5.82 Å². The summed E-state index contributed by atoms with van der Waals surface area (Å²) in [5, 5.41) is 0. The molecule has 0 aliphatic rings. The summed E-state index contributed by atoms with van der Waals surface area (Å²) < 4.78 is 1.98. The van der Waals surface area contributed by atoms with Gasteiger partial charge in [-0.1, -0.05) is 18.2 Å². The van der Waals surface area contributed by atoms with Gasteiger partial charge in [0.05, 0.1) is 0 Å². The van der Waals surface area contributed by atoms with E-state index < -0.39 is 0 Å². The summed E-state index contributed by atoms with van der Waals surface area (Å²) in [6.07, 6.45) is 3.70. The van der Waals surface area contributed by atoms with Crippen molar-refractivity contribution in [2.45, 2.75) is 19.9 Å². The Kier molecular flexibility index (Phi) is 3.26. The van der Waals surface area contributed by atoms with Crippen LogP contribution in [0.1, 0.15) is 28.6 Å². The second kappa shape index (κ2) is 4.69. The highest BCUT2D eigenvalue weighted by molar-refractivity contribution is 5.37. The molecule has 0 saturated heterocycles. The summed E-state index contributed by atoms with van der Waals surface area (Å²) >= 11 is 0. The van der Waals surface area contributed by atoms with Crippen molar-refractivity contribution in [2.75, 3.05) is 0 Å². The monoisotopic (exact) mass is 230 g/mol. The minimum atomic E-state index is -0.0742. The Balaban J connectivity index is 2.50. The Morgan fingerprint density at radius 2 is 2.12 bits per heavy atom. The van der Waals surface area contributed by atoms with Crippen LogP contribution >= 0.6 is 0 Å². The van der Waals surface area contributed by atoms with E-state index in [-0.39, 0.29) is 6.04 Å². The van der Waals surface area contributed by atoms with Gasteiger partial charge >= 0.3 is 0 Å². The van der Waals surface area contributed by atoms with Crippen LogP contribution in [0.25, 0.3) is 0 Å². The predicted octanol–water partition coefficient (Wildman–Crippen LogP) is 1.59. The molecule has 4 heteroatoms. The molecule has 1 heterocycles. The zero-order chi connectivity index (χ0) is 12.4. The van der Waals surface area contributed by atoms with Crippen LogP contribution in [0, 0.1) is 13.8 Å². The van der Waals surface area contributed by atoms with Crippen molar-refractivity contribution >= 4 is 0 Å². The highest BCUT2D eigenvalue weighted by Crippen LogP contribution is 2.24. The van der Waals surface area contributed by atoms with E-state index >= 15 is 0 Å². The van der Waals surface area contributed by atoms with Crippen LogP contribution < -0.4 is 11.3 Å². The number of hydrogen-bond acceptors (Lipinski definition) is 3. The number of hydrazine groups is 1. The molecular weight excluding hydrogens is 212 g/mol. The molecule has 0 saturated carbocycles.